The minimum atomic E-state index is 0.147. The smallest absolute Gasteiger partial charge is 0.191 e. The van der Waals surface area contributed by atoms with Gasteiger partial charge in [0.1, 0.15) is 0 Å². The average molecular weight is 302 g/mol. The summed E-state index contributed by atoms with van der Waals surface area (Å²) in [7, 11) is 1.81. The van der Waals surface area contributed by atoms with E-state index in [0.29, 0.717) is 24.6 Å². The molecule has 1 saturated heterocycles. The van der Waals surface area contributed by atoms with Crippen LogP contribution >= 0.6 is 0 Å². The van der Waals surface area contributed by atoms with Crippen molar-refractivity contribution in [3.63, 3.8) is 0 Å². The van der Waals surface area contributed by atoms with Crippen LogP contribution in [0.5, 0.6) is 0 Å². The van der Waals surface area contributed by atoms with Gasteiger partial charge in [0.25, 0.3) is 0 Å². The first-order valence-electron chi connectivity index (χ1n) is 8.11. The lowest BCUT2D eigenvalue weighted by molar-refractivity contribution is -0.188. The van der Waals surface area contributed by atoms with Gasteiger partial charge in [-0.25, -0.2) is 0 Å². The van der Waals surface area contributed by atoms with E-state index in [1.54, 1.807) is 0 Å². The number of ether oxygens (including phenoxy) is 1. The second-order valence-corrected chi connectivity index (χ2v) is 6.79. The summed E-state index contributed by atoms with van der Waals surface area (Å²) < 4.78 is 5.96. The van der Waals surface area contributed by atoms with Crippen LogP contribution in [0.4, 0.5) is 0 Å². The van der Waals surface area contributed by atoms with Gasteiger partial charge < -0.3 is 15.4 Å². The van der Waals surface area contributed by atoms with Crippen molar-refractivity contribution in [2.24, 2.45) is 16.3 Å². The Morgan fingerprint density at radius 2 is 2.32 bits per heavy atom. The Labute approximate surface area is 132 Å². The quantitative estimate of drug-likeness (QED) is 0.662. The molecule has 5 heteroatoms. The van der Waals surface area contributed by atoms with Gasteiger partial charge in [0.15, 0.2) is 5.96 Å². The van der Waals surface area contributed by atoms with Crippen molar-refractivity contribution in [1.82, 2.24) is 15.6 Å². The molecule has 0 amide bonds. The van der Waals surface area contributed by atoms with E-state index in [-0.39, 0.29) is 5.41 Å². The Morgan fingerprint density at radius 3 is 3.05 bits per heavy atom. The molecule has 1 aromatic heterocycles. The van der Waals surface area contributed by atoms with Crippen LogP contribution in [0.1, 0.15) is 32.4 Å². The van der Waals surface area contributed by atoms with Gasteiger partial charge in [-0.3, -0.25) is 9.98 Å². The fourth-order valence-corrected chi connectivity index (χ4v) is 3.83. The molecule has 2 N–H and O–H groups in total. The Balaban J connectivity index is 1.59. The first kappa shape index (κ1) is 15.3. The lowest BCUT2D eigenvalue weighted by atomic mass is 9.55. The maximum absolute atomic E-state index is 5.96. The lowest BCUT2D eigenvalue weighted by Crippen LogP contribution is -2.71. The van der Waals surface area contributed by atoms with Gasteiger partial charge in [-0.1, -0.05) is 19.9 Å². The van der Waals surface area contributed by atoms with Crippen LogP contribution in [-0.2, 0) is 11.3 Å². The van der Waals surface area contributed by atoms with E-state index in [2.05, 4.69) is 34.5 Å². The van der Waals surface area contributed by atoms with Gasteiger partial charge in [0, 0.05) is 37.2 Å². The molecule has 1 saturated carbocycles. The lowest BCUT2D eigenvalue weighted by Gasteiger charge is -2.60. The highest BCUT2D eigenvalue weighted by Crippen LogP contribution is 2.51. The van der Waals surface area contributed by atoms with Crippen LogP contribution in [-0.4, -0.2) is 36.7 Å². The third kappa shape index (κ3) is 2.82. The summed E-state index contributed by atoms with van der Waals surface area (Å²) in [4.78, 5) is 8.68. The van der Waals surface area contributed by atoms with Gasteiger partial charge in [0.05, 0.1) is 18.3 Å². The molecule has 0 bridgehead atoms. The molecule has 2 fully saturated rings. The molecule has 0 spiro atoms. The zero-order valence-corrected chi connectivity index (χ0v) is 13.7. The Bertz CT molecular complexity index is 529. The predicted molar refractivity (Wildman–Crippen MR) is 87.6 cm³/mol. The van der Waals surface area contributed by atoms with E-state index in [1.165, 1.54) is 6.42 Å². The minimum Gasteiger partial charge on any atom is -0.377 e. The molecule has 2 aliphatic rings. The maximum Gasteiger partial charge on any atom is 0.191 e. The van der Waals surface area contributed by atoms with Crippen molar-refractivity contribution >= 4 is 5.96 Å². The number of guanidine groups is 1. The molecule has 2 heterocycles. The summed E-state index contributed by atoms with van der Waals surface area (Å²) in [6.45, 7) is 6.15. The van der Waals surface area contributed by atoms with E-state index in [4.69, 9.17) is 4.74 Å². The number of fused-ring (bicyclic) bond motifs is 1. The van der Waals surface area contributed by atoms with E-state index < -0.39 is 0 Å². The number of nitrogens with zero attached hydrogens (tertiary/aromatic N) is 2. The van der Waals surface area contributed by atoms with Gasteiger partial charge in [-0.05, 0) is 25.0 Å². The highest BCUT2D eigenvalue weighted by atomic mass is 16.5. The van der Waals surface area contributed by atoms with Gasteiger partial charge in [-0.2, -0.15) is 0 Å². The number of aliphatic imine (C=N–C) groups is 1. The highest BCUT2D eigenvalue weighted by Gasteiger charge is 2.58. The molecule has 3 rings (SSSR count). The topological polar surface area (TPSA) is 58.5 Å². The number of pyridine rings is 1. The molecule has 1 aromatic rings. The van der Waals surface area contributed by atoms with E-state index >= 15 is 0 Å². The van der Waals surface area contributed by atoms with Crippen LogP contribution in [0, 0.1) is 11.3 Å². The summed E-state index contributed by atoms with van der Waals surface area (Å²) in [5, 5.41) is 6.95. The normalized spacial score (nSPS) is 30.1. The minimum absolute atomic E-state index is 0.147. The first-order valence-corrected chi connectivity index (χ1v) is 8.11. The third-order valence-electron chi connectivity index (χ3n) is 5.01. The fourth-order valence-electron chi connectivity index (χ4n) is 3.83. The van der Waals surface area contributed by atoms with Crippen molar-refractivity contribution in [1.29, 1.82) is 0 Å². The Hall–Kier alpha value is -1.62. The summed E-state index contributed by atoms with van der Waals surface area (Å²) in [5.74, 6) is 1.44. The molecule has 1 aliphatic heterocycles. The summed E-state index contributed by atoms with van der Waals surface area (Å²) in [6, 6.07) is 6.35. The fraction of sp³-hybridized carbons (Fsp3) is 0.647. The van der Waals surface area contributed by atoms with Crippen LogP contribution in [0.3, 0.4) is 0 Å². The van der Waals surface area contributed by atoms with E-state index in [9.17, 15) is 0 Å². The highest BCUT2D eigenvalue weighted by molar-refractivity contribution is 5.80. The molecule has 1 aliphatic carbocycles. The molecular formula is C17H26N4O. The van der Waals surface area contributed by atoms with Crippen LogP contribution in [0.2, 0.25) is 0 Å². The molecule has 0 aromatic carbocycles. The van der Waals surface area contributed by atoms with Crippen molar-refractivity contribution in [3.8, 4) is 0 Å². The van der Waals surface area contributed by atoms with E-state index in [0.717, 1.165) is 24.7 Å². The number of nitrogens with one attached hydrogen (secondary N) is 2. The number of hydrogen-bond donors (Lipinski definition) is 2. The van der Waals surface area contributed by atoms with Crippen molar-refractivity contribution in [3.05, 3.63) is 30.1 Å². The molecular weight excluding hydrogens is 276 g/mol. The summed E-state index contributed by atoms with van der Waals surface area (Å²) in [5.41, 5.74) is 1.16. The summed E-state index contributed by atoms with van der Waals surface area (Å²) in [6.07, 6.45) is 4.59. The molecule has 120 valence electrons. The zero-order chi connectivity index (χ0) is 15.6. The molecule has 3 atom stereocenters. The first-order chi connectivity index (χ1) is 10.6. The Morgan fingerprint density at radius 1 is 1.45 bits per heavy atom. The maximum atomic E-state index is 5.96. The molecule has 0 radical (unpaired) electrons. The average Bonchev–Trinajstić information content (AvgIpc) is 2.56. The SMILES string of the molecule is CN=C(NCc1ccccn1)NC1C2CCCOC2C1(C)C. The molecule has 22 heavy (non-hydrogen) atoms. The zero-order valence-electron chi connectivity index (χ0n) is 13.7. The van der Waals surface area contributed by atoms with Crippen LogP contribution in [0.25, 0.3) is 0 Å². The third-order valence-corrected chi connectivity index (χ3v) is 5.01. The second-order valence-electron chi connectivity index (χ2n) is 6.79. The number of aromatic nitrogens is 1. The van der Waals surface area contributed by atoms with Crippen molar-refractivity contribution < 1.29 is 4.74 Å². The van der Waals surface area contributed by atoms with E-state index in [1.807, 2.05) is 31.4 Å². The van der Waals surface area contributed by atoms with Crippen molar-refractivity contribution in [2.45, 2.75) is 45.4 Å². The molecule has 5 nitrogen and oxygen atoms in total. The predicted octanol–water partition coefficient (Wildman–Crippen LogP) is 1.95. The van der Waals surface area contributed by atoms with Crippen molar-refractivity contribution in [2.75, 3.05) is 13.7 Å². The monoisotopic (exact) mass is 302 g/mol. The van der Waals surface area contributed by atoms with Crippen LogP contribution < -0.4 is 10.6 Å². The Kier molecular flexibility index (Phi) is 4.34. The van der Waals surface area contributed by atoms with Gasteiger partial charge in [-0.15, -0.1) is 0 Å². The largest absolute Gasteiger partial charge is 0.377 e. The number of hydrogen-bond acceptors (Lipinski definition) is 3. The van der Waals surface area contributed by atoms with Gasteiger partial charge in [0.2, 0.25) is 0 Å². The van der Waals surface area contributed by atoms with Gasteiger partial charge >= 0.3 is 0 Å². The molecule has 3 unspecified atom stereocenters. The van der Waals surface area contributed by atoms with Crippen LogP contribution in [0.15, 0.2) is 29.4 Å². The second kappa shape index (κ2) is 6.24. The number of rotatable bonds is 3. The standard InChI is InChI=1S/C17H26N4O/c1-17(2)14(13-8-6-10-22-15(13)17)21-16(18-3)20-11-12-7-4-5-9-19-12/h4-5,7,9,13-15H,6,8,10-11H2,1-3H3,(H2,18,20,21). The summed E-state index contributed by atoms with van der Waals surface area (Å²) >= 11 is 0.